The molecule has 1 aromatic carbocycles. The van der Waals surface area contributed by atoms with Gasteiger partial charge in [-0.1, -0.05) is 12.6 Å². The number of fused-ring (bicyclic) bond motifs is 2. The van der Waals surface area contributed by atoms with Crippen LogP contribution in [-0.2, 0) is 0 Å². The Morgan fingerprint density at radius 3 is 1.75 bits per heavy atom. The maximum absolute atomic E-state index is 15.2. The Labute approximate surface area is 247 Å². The maximum atomic E-state index is 15.2. The molecule has 0 saturated carbocycles. The highest BCUT2D eigenvalue weighted by atomic mass is 19.1. The number of nitriles is 4. The van der Waals surface area contributed by atoms with Gasteiger partial charge in [-0.05, 0) is 51.6 Å². The van der Waals surface area contributed by atoms with E-state index in [-0.39, 0.29) is 78.5 Å². The molecule has 3 aromatic rings. The monoisotopic (exact) mass is 568 g/mol. The third-order valence-electron chi connectivity index (χ3n) is 6.80. The van der Waals surface area contributed by atoms with Crippen LogP contribution in [0, 0.1) is 83.2 Å². The second-order valence-electron chi connectivity index (χ2n) is 8.83. The van der Waals surface area contributed by atoms with Crippen LogP contribution in [0.2, 0.25) is 0 Å². The van der Waals surface area contributed by atoms with Crippen LogP contribution < -0.4 is 0 Å². The van der Waals surface area contributed by atoms with E-state index in [0.717, 1.165) is 24.5 Å². The molecule has 0 saturated heterocycles. The van der Waals surface area contributed by atoms with Crippen molar-refractivity contribution in [2.75, 3.05) is 0 Å². The zero-order chi connectivity index (χ0) is 31.7. The van der Waals surface area contributed by atoms with Gasteiger partial charge in [-0.3, -0.25) is 0 Å². The molecule has 2 aromatic heterocycles. The number of hydrogen-bond donors (Lipinski definition) is 0. The molecule has 2 aliphatic carbocycles. The van der Waals surface area contributed by atoms with Crippen molar-refractivity contribution in [1.82, 2.24) is 9.97 Å². The van der Waals surface area contributed by atoms with E-state index in [1.165, 1.54) is 12.1 Å². The number of allylic oxidation sites excluding steroid dienone is 7. The number of halogens is 2. The van der Waals surface area contributed by atoms with E-state index in [1.54, 1.807) is 18.2 Å². The molecule has 2 heterocycles. The standard InChI is InChI=1S/C32H6F2N10/c1-39-25(11-37)29-17-7-19-18(6-16(17)22(10-36)28(29)20-5-15(9-35)43-13-23(20)33)30(26(12-38)40-2)31(32(19)42-4)21-8-27(41-3)44-14-24(21)34/h5-8,13-14H/b29-25+,30-26-. The van der Waals surface area contributed by atoms with Gasteiger partial charge in [-0.15, -0.1) is 4.98 Å². The molecule has 0 amide bonds. The van der Waals surface area contributed by atoms with Crippen molar-refractivity contribution < 1.29 is 8.78 Å². The topological polar surface area (TPSA) is 138 Å². The number of benzene rings is 1. The first-order valence-electron chi connectivity index (χ1n) is 11.9. The molecule has 0 atom stereocenters. The number of pyridine rings is 2. The van der Waals surface area contributed by atoms with Crippen LogP contribution in [-0.4, -0.2) is 9.97 Å². The fourth-order valence-electron chi connectivity index (χ4n) is 5.10. The fourth-order valence-corrected chi connectivity index (χ4v) is 5.10. The lowest BCUT2D eigenvalue weighted by molar-refractivity contribution is 0.617. The normalized spacial score (nSPS) is 14.8. The summed E-state index contributed by atoms with van der Waals surface area (Å²) >= 11 is 0. The zero-order valence-corrected chi connectivity index (χ0v) is 21.7. The van der Waals surface area contributed by atoms with Crippen LogP contribution in [0.15, 0.2) is 48.1 Å². The smallest absolute Gasteiger partial charge is 0.270 e. The van der Waals surface area contributed by atoms with Gasteiger partial charge in [-0.25, -0.2) is 38.8 Å². The van der Waals surface area contributed by atoms with Crippen LogP contribution in [0.3, 0.4) is 0 Å². The molecule has 0 N–H and O–H groups in total. The van der Waals surface area contributed by atoms with Gasteiger partial charge in [0, 0.05) is 22.3 Å². The maximum Gasteiger partial charge on any atom is 0.270 e. The van der Waals surface area contributed by atoms with Crippen molar-refractivity contribution in [3.63, 3.8) is 0 Å². The Morgan fingerprint density at radius 1 is 0.636 bits per heavy atom. The Balaban J connectivity index is 1.97. The molecule has 0 aliphatic heterocycles. The summed E-state index contributed by atoms with van der Waals surface area (Å²) in [6.45, 7) is 30.5. The minimum Gasteiger partial charge on any atom is -0.361 e. The first-order chi connectivity index (χ1) is 21.3. The predicted molar refractivity (Wildman–Crippen MR) is 150 cm³/mol. The van der Waals surface area contributed by atoms with E-state index < -0.39 is 23.0 Å². The molecule has 0 radical (unpaired) electrons. The van der Waals surface area contributed by atoms with Gasteiger partial charge >= 0.3 is 0 Å². The van der Waals surface area contributed by atoms with Gasteiger partial charge in [0.05, 0.1) is 43.6 Å². The summed E-state index contributed by atoms with van der Waals surface area (Å²) < 4.78 is 30.4. The second-order valence-corrected chi connectivity index (χ2v) is 8.83. The lowest BCUT2D eigenvalue weighted by atomic mass is 9.92. The van der Waals surface area contributed by atoms with Crippen molar-refractivity contribution in [2.45, 2.75) is 0 Å². The van der Waals surface area contributed by atoms with E-state index in [9.17, 15) is 21.0 Å². The summed E-state index contributed by atoms with van der Waals surface area (Å²) in [5, 5.41) is 39.4. The Kier molecular flexibility index (Phi) is 6.75. The van der Waals surface area contributed by atoms with Crippen LogP contribution in [0.1, 0.15) is 39.1 Å². The second kappa shape index (κ2) is 10.7. The third kappa shape index (κ3) is 3.93. The lowest BCUT2D eigenvalue weighted by Gasteiger charge is -2.12. The molecule has 0 fully saturated rings. The average molecular weight is 568 g/mol. The van der Waals surface area contributed by atoms with Crippen molar-refractivity contribution in [2.24, 2.45) is 0 Å². The van der Waals surface area contributed by atoms with Crippen molar-refractivity contribution in [1.29, 1.82) is 21.0 Å². The van der Waals surface area contributed by atoms with Crippen LogP contribution >= 0.6 is 0 Å². The number of nitrogens with zero attached hydrogens (tertiary/aromatic N) is 10. The zero-order valence-electron chi connectivity index (χ0n) is 21.7. The molecular formula is C32H6F2N10. The molecule has 0 spiro atoms. The highest BCUT2D eigenvalue weighted by molar-refractivity contribution is 6.29. The highest BCUT2D eigenvalue weighted by Crippen LogP contribution is 2.55. The largest absolute Gasteiger partial charge is 0.361 e. The molecule has 44 heavy (non-hydrogen) atoms. The van der Waals surface area contributed by atoms with E-state index >= 15 is 8.78 Å². The predicted octanol–water partition coefficient (Wildman–Crippen LogP) is 6.73. The Bertz CT molecular complexity index is 2190. The van der Waals surface area contributed by atoms with E-state index in [2.05, 4.69) is 29.3 Å². The summed E-state index contributed by atoms with van der Waals surface area (Å²) in [5.41, 5.74) is -2.51. The summed E-state index contributed by atoms with van der Waals surface area (Å²) in [6, 6.07) is 12.1. The number of aromatic nitrogens is 2. The van der Waals surface area contributed by atoms with E-state index in [4.69, 9.17) is 26.3 Å². The molecule has 198 valence electrons. The quantitative estimate of drug-likeness (QED) is 0.248. The van der Waals surface area contributed by atoms with Crippen molar-refractivity contribution >= 4 is 39.4 Å². The summed E-state index contributed by atoms with van der Waals surface area (Å²) in [4.78, 5) is 20.7. The van der Waals surface area contributed by atoms with E-state index in [1.807, 2.05) is 6.07 Å². The molecule has 2 aliphatic rings. The first kappa shape index (κ1) is 27.8. The molecular weight excluding hydrogens is 562 g/mol. The Morgan fingerprint density at radius 2 is 1.20 bits per heavy atom. The average Bonchev–Trinajstić information content (AvgIpc) is 3.53. The van der Waals surface area contributed by atoms with Crippen LogP contribution in [0.5, 0.6) is 0 Å². The minimum atomic E-state index is -0.944. The molecule has 0 unspecified atom stereocenters. The molecule has 5 rings (SSSR count). The Hall–Kier alpha value is -7.74. The minimum absolute atomic E-state index is 0.0739. The van der Waals surface area contributed by atoms with Gasteiger partial charge in [0.2, 0.25) is 5.70 Å². The van der Waals surface area contributed by atoms with Crippen molar-refractivity contribution in [3.8, 4) is 24.3 Å². The van der Waals surface area contributed by atoms with E-state index in [0.29, 0.717) is 0 Å². The first-order valence-corrected chi connectivity index (χ1v) is 11.9. The fraction of sp³-hybridized carbons (Fsp3) is 0. The van der Waals surface area contributed by atoms with Gasteiger partial charge in [0.1, 0.15) is 23.6 Å². The van der Waals surface area contributed by atoms with Gasteiger partial charge in [0.15, 0.2) is 12.0 Å². The van der Waals surface area contributed by atoms with Crippen molar-refractivity contribution in [3.05, 3.63) is 144 Å². The SMILES string of the molecule is [C-]#[N+]C1=C(c2cc([N+]#[C-])ncc2F)/C(=C(/C#N)[N+]#[C-])c2cc3c(cc21)/C(=C(/C#N)[N+]#[C-])C(c1cc(C#N)ncc1F)=C3C#N. The third-order valence-corrected chi connectivity index (χ3v) is 6.80. The van der Waals surface area contributed by atoms with Gasteiger partial charge in [0.25, 0.3) is 17.2 Å². The van der Waals surface area contributed by atoms with Gasteiger partial charge in [-0.2, -0.15) is 10.5 Å². The van der Waals surface area contributed by atoms with Crippen LogP contribution in [0.25, 0.3) is 52.9 Å². The summed E-state index contributed by atoms with van der Waals surface area (Å²) in [5.74, 6) is -2.09. The van der Waals surface area contributed by atoms with Gasteiger partial charge < -0.3 is 4.85 Å². The molecule has 10 nitrogen and oxygen atoms in total. The summed E-state index contributed by atoms with van der Waals surface area (Å²) in [6.07, 6.45) is 1.54. The summed E-state index contributed by atoms with van der Waals surface area (Å²) in [7, 11) is 0. The lowest BCUT2D eigenvalue weighted by Crippen LogP contribution is -1.97. The molecule has 12 heteroatoms. The number of hydrogen-bond acceptors (Lipinski definition) is 6. The molecule has 0 bridgehead atoms. The van der Waals surface area contributed by atoms with Crippen LogP contribution in [0.4, 0.5) is 14.6 Å². The number of rotatable bonds is 2. The highest BCUT2D eigenvalue weighted by Gasteiger charge is 2.38.